The Kier molecular flexibility index (Phi) is 8.57. The number of hydrogen-bond donors (Lipinski definition) is 1. The summed E-state index contributed by atoms with van der Waals surface area (Å²) in [6.07, 6.45) is 9.10. The van der Waals surface area contributed by atoms with Crippen LogP contribution in [-0.4, -0.2) is 30.0 Å². The van der Waals surface area contributed by atoms with E-state index in [2.05, 4.69) is 16.9 Å². The summed E-state index contributed by atoms with van der Waals surface area (Å²) in [5.74, 6) is -0.780. The van der Waals surface area contributed by atoms with Crippen LogP contribution in [0.1, 0.15) is 49.0 Å². The first-order chi connectivity index (χ1) is 10.7. The van der Waals surface area contributed by atoms with E-state index in [1.54, 1.807) is 24.4 Å². The first kappa shape index (κ1) is 17.9. The second-order valence-electron chi connectivity index (χ2n) is 5.04. The maximum Gasteiger partial charge on any atom is 0.328 e. The molecule has 0 bridgehead atoms. The number of hydrogen-bond acceptors (Lipinski definition) is 4. The summed E-state index contributed by atoms with van der Waals surface area (Å²) in [4.78, 5) is 27.8. The number of rotatable bonds is 10. The molecule has 1 atom stereocenters. The van der Waals surface area contributed by atoms with Crippen molar-refractivity contribution in [3.63, 3.8) is 0 Å². The van der Waals surface area contributed by atoms with Crippen LogP contribution in [0.2, 0.25) is 0 Å². The Morgan fingerprint density at radius 2 is 2.09 bits per heavy atom. The molecule has 0 aliphatic heterocycles. The second-order valence-corrected chi connectivity index (χ2v) is 5.04. The molecule has 0 aromatic carbocycles. The third-order valence-corrected chi connectivity index (χ3v) is 3.34. The van der Waals surface area contributed by atoms with Gasteiger partial charge in [0.15, 0.2) is 0 Å². The number of methoxy groups -OCH3 is 1. The van der Waals surface area contributed by atoms with Gasteiger partial charge in [-0.05, 0) is 31.4 Å². The van der Waals surface area contributed by atoms with Gasteiger partial charge in [-0.2, -0.15) is 0 Å². The first-order valence-corrected chi connectivity index (χ1v) is 7.59. The van der Waals surface area contributed by atoms with Gasteiger partial charge >= 0.3 is 5.97 Å². The minimum atomic E-state index is -0.626. The minimum Gasteiger partial charge on any atom is -0.467 e. The van der Waals surface area contributed by atoms with E-state index in [1.807, 2.05) is 6.08 Å². The predicted molar refractivity (Wildman–Crippen MR) is 85.4 cm³/mol. The Bertz CT molecular complexity index is 474. The summed E-state index contributed by atoms with van der Waals surface area (Å²) in [6, 6.07) is 4.45. The summed E-state index contributed by atoms with van der Waals surface area (Å²) in [5, 5.41) is 2.69. The van der Waals surface area contributed by atoms with E-state index < -0.39 is 12.0 Å². The van der Waals surface area contributed by atoms with Crippen LogP contribution >= 0.6 is 0 Å². The van der Waals surface area contributed by atoms with Gasteiger partial charge in [-0.15, -0.1) is 6.58 Å². The van der Waals surface area contributed by atoms with Crippen molar-refractivity contribution < 1.29 is 14.3 Å². The summed E-state index contributed by atoms with van der Waals surface area (Å²) in [7, 11) is 1.33. The van der Waals surface area contributed by atoms with Crippen LogP contribution < -0.4 is 5.32 Å². The Labute approximate surface area is 131 Å². The molecule has 0 saturated carbocycles. The number of aromatic nitrogens is 1. The van der Waals surface area contributed by atoms with Crippen molar-refractivity contribution in [1.29, 1.82) is 0 Å². The molecule has 1 aromatic rings. The van der Waals surface area contributed by atoms with Gasteiger partial charge in [-0.1, -0.05) is 31.4 Å². The van der Waals surface area contributed by atoms with Crippen LogP contribution in [0.15, 0.2) is 37.1 Å². The normalized spacial score (nSPS) is 11.5. The zero-order chi connectivity index (χ0) is 16.2. The summed E-state index contributed by atoms with van der Waals surface area (Å²) >= 11 is 0. The standard InChI is InChI=1S/C17H24N2O3/c1-3-4-5-6-7-8-12-15(17(21)22-2)19-16(20)14-11-9-10-13-18-14/h3,9-11,13,15H,1,4-8,12H2,2H3,(H,19,20)/t15-/m0/s1. The molecule has 5 nitrogen and oxygen atoms in total. The number of esters is 1. The average Bonchev–Trinajstić information content (AvgIpc) is 2.56. The van der Waals surface area contributed by atoms with Gasteiger partial charge in [0.2, 0.25) is 0 Å². The molecule has 0 aliphatic rings. The highest BCUT2D eigenvalue weighted by Crippen LogP contribution is 2.09. The van der Waals surface area contributed by atoms with Crippen LogP contribution in [0.4, 0.5) is 0 Å². The number of nitrogens with one attached hydrogen (secondary N) is 1. The van der Waals surface area contributed by atoms with Gasteiger partial charge < -0.3 is 10.1 Å². The van der Waals surface area contributed by atoms with E-state index in [4.69, 9.17) is 4.74 Å². The van der Waals surface area contributed by atoms with Crippen molar-refractivity contribution in [3.8, 4) is 0 Å². The lowest BCUT2D eigenvalue weighted by Gasteiger charge is -2.16. The lowest BCUT2D eigenvalue weighted by Crippen LogP contribution is -2.41. The largest absolute Gasteiger partial charge is 0.467 e. The van der Waals surface area contributed by atoms with E-state index in [0.29, 0.717) is 12.1 Å². The summed E-state index contributed by atoms with van der Waals surface area (Å²) < 4.78 is 4.76. The van der Waals surface area contributed by atoms with Crippen molar-refractivity contribution in [3.05, 3.63) is 42.7 Å². The van der Waals surface area contributed by atoms with Gasteiger partial charge in [0.25, 0.3) is 5.91 Å². The maximum absolute atomic E-state index is 12.1. The Morgan fingerprint density at radius 1 is 1.32 bits per heavy atom. The third kappa shape index (κ3) is 6.52. The van der Waals surface area contributed by atoms with E-state index >= 15 is 0 Å². The predicted octanol–water partition coefficient (Wildman–Crippen LogP) is 2.88. The fourth-order valence-corrected chi connectivity index (χ4v) is 2.11. The molecule has 0 fully saturated rings. The number of unbranched alkanes of at least 4 members (excludes halogenated alkanes) is 4. The number of amides is 1. The smallest absolute Gasteiger partial charge is 0.328 e. The van der Waals surface area contributed by atoms with Crippen molar-refractivity contribution in [1.82, 2.24) is 10.3 Å². The fourth-order valence-electron chi connectivity index (χ4n) is 2.11. The molecule has 1 heterocycles. The van der Waals surface area contributed by atoms with E-state index in [9.17, 15) is 9.59 Å². The van der Waals surface area contributed by atoms with Crippen LogP contribution in [0.5, 0.6) is 0 Å². The average molecular weight is 304 g/mol. The molecule has 22 heavy (non-hydrogen) atoms. The van der Waals surface area contributed by atoms with Gasteiger partial charge in [0, 0.05) is 6.20 Å². The molecular weight excluding hydrogens is 280 g/mol. The Balaban J connectivity index is 2.45. The SMILES string of the molecule is C=CCCCCCC[C@H](NC(=O)c1ccccn1)C(=O)OC. The van der Waals surface area contributed by atoms with Crippen LogP contribution in [0.3, 0.4) is 0 Å². The molecule has 0 radical (unpaired) electrons. The molecule has 120 valence electrons. The van der Waals surface area contributed by atoms with Gasteiger partial charge in [0.1, 0.15) is 11.7 Å². The summed E-state index contributed by atoms with van der Waals surface area (Å²) in [6.45, 7) is 3.69. The lowest BCUT2D eigenvalue weighted by molar-refractivity contribution is -0.143. The Hall–Kier alpha value is -2.17. The highest BCUT2D eigenvalue weighted by molar-refractivity contribution is 5.95. The van der Waals surface area contributed by atoms with Crippen molar-refractivity contribution >= 4 is 11.9 Å². The molecular formula is C17H24N2O3. The molecule has 0 unspecified atom stereocenters. The second kappa shape index (κ2) is 10.5. The van der Waals surface area contributed by atoms with E-state index in [-0.39, 0.29) is 5.91 Å². The van der Waals surface area contributed by atoms with Crippen LogP contribution in [0, 0.1) is 0 Å². The number of carbonyl (C=O) groups excluding carboxylic acids is 2. The number of pyridine rings is 1. The molecule has 5 heteroatoms. The monoisotopic (exact) mass is 304 g/mol. The first-order valence-electron chi connectivity index (χ1n) is 7.59. The molecule has 0 saturated heterocycles. The highest BCUT2D eigenvalue weighted by atomic mass is 16.5. The number of nitrogens with zero attached hydrogens (tertiary/aromatic N) is 1. The zero-order valence-electron chi connectivity index (χ0n) is 13.1. The summed E-state index contributed by atoms with van der Waals surface area (Å²) in [5.41, 5.74) is 0.294. The van der Waals surface area contributed by atoms with E-state index in [0.717, 1.165) is 32.1 Å². The number of carbonyl (C=O) groups is 2. The van der Waals surface area contributed by atoms with Crippen molar-refractivity contribution in [2.45, 2.75) is 44.6 Å². The maximum atomic E-state index is 12.1. The molecule has 0 aliphatic carbocycles. The lowest BCUT2D eigenvalue weighted by atomic mass is 10.1. The molecule has 1 rings (SSSR count). The van der Waals surface area contributed by atoms with Crippen LogP contribution in [-0.2, 0) is 9.53 Å². The topological polar surface area (TPSA) is 68.3 Å². The zero-order valence-corrected chi connectivity index (χ0v) is 13.1. The number of allylic oxidation sites excluding steroid dienone is 1. The highest BCUT2D eigenvalue weighted by Gasteiger charge is 2.21. The molecule has 0 spiro atoms. The minimum absolute atomic E-state index is 0.294. The fraction of sp³-hybridized carbons (Fsp3) is 0.471. The quantitative estimate of drug-likeness (QED) is 0.410. The van der Waals surface area contributed by atoms with Gasteiger partial charge in [0.05, 0.1) is 7.11 Å². The van der Waals surface area contributed by atoms with Crippen molar-refractivity contribution in [2.75, 3.05) is 7.11 Å². The van der Waals surface area contributed by atoms with Gasteiger partial charge in [-0.3, -0.25) is 9.78 Å². The number of ether oxygens (including phenoxy) is 1. The van der Waals surface area contributed by atoms with Gasteiger partial charge in [-0.25, -0.2) is 4.79 Å². The van der Waals surface area contributed by atoms with Crippen molar-refractivity contribution in [2.24, 2.45) is 0 Å². The van der Waals surface area contributed by atoms with E-state index in [1.165, 1.54) is 7.11 Å². The molecule has 1 aromatic heterocycles. The molecule has 1 N–H and O–H groups in total. The third-order valence-electron chi connectivity index (χ3n) is 3.34. The van der Waals surface area contributed by atoms with Crippen LogP contribution in [0.25, 0.3) is 0 Å². The molecule has 1 amide bonds. The Morgan fingerprint density at radius 3 is 2.73 bits per heavy atom.